The molecule has 2 aromatic rings. The molecule has 0 atom stereocenters. The molecule has 0 aliphatic rings. The van der Waals surface area contributed by atoms with Gasteiger partial charge in [-0.3, -0.25) is 4.99 Å². The van der Waals surface area contributed by atoms with Crippen molar-refractivity contribution in [1.29, 1.82) is 0 Å². The molecule has 0 aliphatic carbocycles. The van der Waals surface area contributed by atoms with Gasteiger partial charge in [-0.2, -0.15) is 0 Å². The van der Waals surface area contributed by atoms with E-state index in [1.54, 1.807) is 14.2 Å². The number of nitrogens with zero attached hydrogens (tertiary/aromatic N) is 1. The van der Waals surface area contributed by atoms with Crippen LogP contribution in [0.5, 0.6) is 5.75 Å². The molecule has 0 saturated carbocycles. The molecule has 0 spiro atoms. The van der Waals surface area contributed by atoms with Crippen LogP contribution in [0.3, 0.4) is 0 Å². The number of nitrogens with one attached hydrogen (secondary N) is 2. The number of aryl methyl sites for hydroxylation is 1. The maximum Gasteiger partial charge on any atom is 0.191 e. The Bertz CT molecular complexity index is 690. The molecule has 6 heteroatoms. The van der Waals surface area contributed by atoms with Crippen LogP contribution in [0.15, 0.2) is 53.5 Å². The molecule has 0 bridgehead atoms. The maximum absolute atomic E-state index is 5.71. The second-order valence-corrected chi connectivity index (χ2v) is 6.10. The normalized spacial score (nSPS) is 10.9. The molecular formula is C21H30IN3O2. The Labute approximate surface area is 179 Å². The van der Waals surface area contributed by atoms with Crippen molar-refractivity contribution in [3.63, 3.8) is 0 Å². The quantitative estimate of drug-likeness (QED) is 0.246. The molecule has 27 heavy (non-hydrogen) atoms. The van der Waals surface area contributed by atoms with Gasteiger partial charge in [0.05, 0.1) is 13.7 Å². The van der Waals surface area contributed by atoms with Crippen LogP contribution in [-0.4, -0.2) is 33.3 Å². The van der Waals surface area contributed by atoms with Gasteiger partial charge in [0, 0.05) is 26.7 Å². The lowest BCUT2D eigenvalue weighted by atomic mass is 10.1. The van der Waals surface area contributed by atoms with Crippen LogP contribution in [0.4, 0.5) is 0 Å². The van der Waals surface area contributed by atoms with Crippen molar-refractivity contribution in [2.24, 2.45) is 4.99 Å². The highest BCUT2D eigenvalue weighted by atomic mass is 127. The molecule has 0 radical (unpaired) electrons. The Hall–Kier alpha value is -1.80. The van der Waals surface area contributed by atoms with Crippen LogP contribution >= 0.6 is 24.0 Å². The number of ether oxygens (including phenoxy) is 2. The Balaban J connectivity index is 0.00000364. The smallest absolute Gasteiger partial charge is 0.191 e. The number of hydrogen-bond donors (Lipinski definition) is 2. The Kier molecular flexibility index (Phi) is 11.5. The average Bonchev–Trinajstić information content (AvgIpc) is 2.67. The zero-order valence-electron chi connectivity index (χ0n) is 16.3. The standard InChI is InChI=1S/C21H29N3O2.HI/c1-17-6-4-7-19(14-17)15-24-21(22-2)23-12-5-13-26-16-18-8-10-20(25-3)11-9-18;/h4,6-11,14H,5,12-13,15-16H2,1-3H3,(H2,22,23,24);1H. The number of aliphatic imine (C=N–C) groups is 1. The van der Waals surface area contributed by atoms with Crippen molar-refractivity contribution in [2.45, 2.75) is 26.5 Å². The monoisotopic (exact) mass is 483 g/mol. The summed E-state index contributed by atoms with van der Waals surface area (Å²) in [6, 6.07) is 16.4. The minimum Gasteiger partial charge on any atom is -0.497 e. The van der Waals surface area contributed by atoms with Gasteiger partial charge in [0.15, 0.2) is 5.96 Å². The molecule has 0 saturated heterocycles. The van der Waals surface area contributed by atoms with E-state index in [9.17, 15) is 0 Å². The highest BCUT2D eigenvalue weighted by Gasteiger charge is 1.99. The first-order chi connectivity index (χ1) is 12.7. The van der Waals surface area contributed by atoms with E-state index in [4.69, 9.17) is 9.47 Å². The van der Waals surface area contributed by atoms with Crippen LogP contribution in [0.25, 0.3) is 0 Å². The third-order valence-corrected chi connectivity index (χ3v) is 3.95. The van der Waals surface area contributed by atoms with Crippen molar-refractivity contribution in [3.05, 3.63) is 65.2 Å². The topological polar surface area (TPSA) is 54.9 Å². The third-order valence-electron chi connectivity index (χ3n) is 3.95. The number of halogens is 1. The molecule has 2 N–H and O–H groups in total. The van der Waals surface area contributed by atoms with Gasteiger partial charge in [-0.15, -0.1) is 24.0 Å². The number of guanidine groups is 1. The predicted molar refractivity (Wildman–Crippen MR) is 122 cm³/mol. The van der Waals surface area contributed by atoms with E-state index in [0.29, 0.717) is 13.2 Å². The molecular weight excluding hydrogens is 453 g/mol. The van der Waals surface area contributed by atoms with E-state index in [1.807, 2.05) is 24.3 Å². The van der Waals surface area contributed by atoms with E-state index >= 15 is 0 Å². The van der Waals surface area contributed by atoms with Gasteiger partial charge >= 0.3 is 0 Å². The highest BCUT2D eigenvalue weighted by molar-refractivity contribution is 14.0. The molecule has 0 fully saturated rings. The second-order valence-electron chi connectivity index (χ2n) is 6.10. The first kappa shape index (κ1) is 23.2. The molecule has 0 aromatic heterocycles. The summed E-state index contributed by atoms with van der Waals surface area (Å²) >= 11 is 0. The van der Waals surface area contributed by atoms with Crippen LogP contribution in [0.2, 0.25) is 0 Å². The third kappa shape index (κ3) is 9.10. The zero-order chi connectivity index (χ0) is 18.6. The lowest BCUT2D eigenvalue weighted by Crippen LogP contribution is -2.37. The number of rotatable bonds is 9. The average molecular weight is 483 g/mol. The van der Waals surface area contributed by atoms with Gasteiger partial charge in [-0.1, -0.05) is 42.0 Å². The van der Waals surface area contributed by atoms with Gasteiger partial charge in [-0.05, 0) is 36.6 Å². The van der Waals surface area contributed by atoms with Crippen molar-refractivity contribution in [2.75, 3.05) is 27.3 Å². The summed E-state index contributed by atoms with van der Waals surface area (Å²) in [5.74, 6) is 1.67. The SMILES string of the molecule is CN=C(NCCCOCc1ccc(OC)cc1)NCc1cccc(C)c1.I. The lowest BCUT2D eigenvalue weighted by Gasteiger charge is -2.12. The van der Waals surface area contributed by atoms with Crippen molar-refractivity contribution < 1.29 is 9.47 Å². The minimum atomic E-state index is 0. The van der Waals surface area contributed by atoms with Gasteiger partial charge in [0.1, 0.15) is 5.75 Å². The minimum absolute atomic E-state index is 0. The van der Waals surface area contributed by atoms with Gasteiger partial charge < -0.3 is 20.1 Å². The van der Waals surface area contributed by atoms with E-state index in [-0.39, 0.29) is 24.0 Å². The van der Waals surface area contributed by atoms with Crippen LogP contribution in [0, 0.1) is 6.92 Å². The van der Waals surface area contributed by atoms with E-state index < -0.39 is 0 Å². The van der Waals surface area contributed by atoms with Gasteiger partial charge in [0.2, 0.25) is 0 Å². The first-order valence-electron chi connectivity index (χ1n) is 8.92. The summed E-state index contributed by atoms with van der Waals surface area (Å²) in [4.78, 5) is 4.25. The second kappa shape index (κ2) is 13.4. The Morgan fingerprint density at radius 2 is 1.81 bits per heavy atom. The number of hydrogen-bond acceptors (Lipinski definition) is 3. The summed E-state index contributed by atoms with van der Waals surface area (Å²) in [6.45, 7) is 4.99. The lowest BCUT2D eigenvalue weighted by molar-refractivity contribution is 0.119. The summed E-state index contributed by atoms with van der Waals surface area (Å²) in [7, 11) is 3.45. The predicted octanol–water partition coefficient (Wildman–Crippen LogP) is 3.89. The highest BCUT2D eigenvalue weighted by Crippen LogP contribution is 2.11. The zero-order valence-corrected chi connectivity index (χ0v) is 18.7. The molecule has 2 aromatic carbocycles. The summed E-state index contributed by atoms with van der Waals surface area (Å²) in [5, 5.41) is 6.64. The van der Waals surface area contributed by atoms with Crippen LogP contribution < -0.4 is 15.4 Å². The first-order valence-corrected chi connectivity index (χ1v) is 8.92. The Morgan fingerprint density at radius 1 is 1.04 bits per heavy atom. The fraction of sp³-hybridized carbons (Fsp3) is 0.381. The molecule has 0 heterocycles. The number of benzene rings is 2. The molecule has 0 aliphatic heterocycles. The summed E-state index contributed by atoms with van der Waals surface area (Å²) in [5.41, 5.74) is 3.66. The fourth-order valence-corrected chi connectivity index (χ4v) is 2.52. The van der Waals surface area contributed by atoms with Crippen LogP contribution in [0.1, 0.15) is 23.1 Å². The van der Waals surface area contributed by atoms with Gasteiger partial charge in [0.25, 0.3) is 0 Å². The van der Waals surface area contributed by atoms with E-state index in [2.05, 4.69) is 46.8 Å². The van der Waals surface area contributed by atoms with E-state index in [1.165, 1.54) is 11.1 Å². The molecule has 2 rings (SSSR count). The van der Waals surface area contributed by atoms with Crippen molar-refractivity contribution in [3.8, 4) is 5.75 Å². The van der Waals surface area contributed by atoms with Crippen molar-refractivity contribution in [1.82, 2.24) is 10.6 Å². The van der Waals surface area contributed by atoms with Crippen molar-refractivity contribution >= 4 is 29.9 Å². The van der Waals surface area contributed by atoms with E-state index in [0.717, 1.165) is 36.8 Å². The molecule has 5 nitrogen and oxygen atoms in total. The molecule has 148 valence electrons. The maximum atomic E-state index is 5.71. The largest absolute Gasteiger partial charge is 0.497 e. The fourth-order valence-electron chi connectivity index (χ4n) is 2.52. The summed E-state index contributed by atoms with van der Waals surface area (Å²) in [6.07, 6.45) is 0.918. The summed E-state index contributed by atoms with van der Waals surface area (Å²) < 4.78 is 10.9. The molecule has 0 unspecified atom stereocenters. The van der Waals surface area contributed by atoms with Crippen LogP contribution in [-0.2, 0) is 17.9 Å². The molecule has 0 amide bonds. The Morgan fingerprint density at radius 3 is 2.48 bits per heavy atom. The number of methoxy groups -OCH3 is 1. The van der Waals surface area contributed by atoms with Gasteiger partial charge in [-0.25, -0.2) is 0 Å².